The highest BCUT2D eigenvalue weighted by Gasteiger charge is 2.33. The van der Waals surface area contributed by atoms with Crippen LogP contribution in [-0.2, 0) is 9.53 Å². The van der Waals surface area contributed by atoms with E-state index in [1.54, 1.807) is 18.7 Å². The number of methoxy groups -OCH3 is 1. The molecule has 1 aromatic carbocycles. The number of phenols is 1. The fourth-order valence-electron chi connectivity index (χ4n) is 2.55. The van der Waals surface area contributed by atoms with Gasteiger partial charge in [-0.05, 0) is 30.4 Å². The summed E-state index contributed by atoms with van der Waals surface area (Å²) in [5, 5.41) is 15.2. The van der Waals surface area contributed by atoms with Crippen molar-refractivity contribution in [1.29, 1.82) is 0 Å². The fraction of sp³-hybridized carbons (Fsp3) is 0.412. The molecule has 0 bridgehead atoms. The minimum absolute atomic E-state index is 0.0526. The molecule has 1 aliphatic heterocycles. The normalized spacial score (nSPS) is 16.8. The van der Waals surface area contributed by atoms with Gasteiger partial charge in [-0.2, -0.15) is 11.8 Å². The van der Waals surface area contributed by atoms with Gasteiger partial charge in [-0.3, -0.25) is 0 Å². The van der Waals surface area contributed by atoms with Gasteiger partial charge in [0.1, 0.15) is 6.61 Å². The molecule has 0 saturated carbocycles. The second-order valence-electron chi connectivity index (χ2n) is 5.46. The molecule has 1 heterocycles. The predicted octanol–water partition coefficient (Wildman–Crippen LogP) is 2.98. The van der Waals surface area contributed by atoms with Gasteiger partial charge < -0.3 is 25.2 Å². The summed E-state index contributed by atoms with van der Waals surface area (Å²) in [5.41, 5.74) is 1.17. The van der Waals surface area contributed by atoms with E-state index in [1.807, 2.05) is 6.92 Å². The van der Waals surface area contributed by atoms with Gasteiger partial charge >= 0.3 is 12.0 Å². The van der Waals surface area contributed by atoms with Crippen molar-refractivity contribution in [3.05, 3.63) is 34.0 Å². The van der Waals surface area contributed by atoms with Crippen LogP contribution in [0.25, 0.3) is 0 Å². The van der Waals surface area contributed by atoms with E-state index in [9.17, 15) is 14.7 Å². The van der Waals surface area contributed by atoms with Gasteiger partial charge in [0.15, 0.2) is 11.5 Å². The first kappa shape index (κ1) is 20.3. The minimum atomic E-state index is -0.776. The Morgan fingerprint density at radius 1 is 1.42 bits per heavy atom. The van der Waals surface area contributed by atoms with E-state index in [0.717, 1.165) is 5.75 Å². The van der Waals surface area contributed by atoms with E-state index in [4.69, 9.17) is 21.1 Å². The topological polar surface area (TPSA) is 96.9 Å². The number of thioether (sulfide) groups is 1. The summed E-state index contributed by atoms with van der Waals surface area (Å²) >= 11 is 7.71. The number of esters is 1. The zero-order valence-electron chi connectivity index (χ0n) is 14.7. The maximum absolute atomic E-state index is 12.6. The monoisotopic (exact) mass is 400 g/mol. The lowest BCUT2D eigenvalue weighted by Crippen LogP contribution is -2.45. The number of hydrogen-bond donors (Lipinski definition) is 3. The van der Waals surface area contributed by atoms with Crippen LogP contribution in [0, 0.1) is 0 Å². The van der Waals surface area contributed by atoms with Crippen LogP contribution in [0.5, 0.6) is 11.5 Å². The summed E-state index contributed by atoms with van der Waals surface area (Å²) in [6.07, 6.45) is 0. The van der Waals surface area contributed by atoms with E-state index in [0.29, 0.717) is 17.0 Å². The molecule has 1 aromatic rings. The summed E-state index contributed by atoms with van der Waals surface area (Å²) in [6, 6.07) is 1.77. The third kappa shape index (κ3) is 4.56. The molecule has 1 unspecified atom stereocenters. The number of allylic oxidation sites excluding steroid dienone is 1. The lowest BCUT2D eigenvalue weighted by Gasteiger charge is -2.28. The second kappa shape index (κ2) is 9.05. The SMILES string of the molecule is CCSCCOC(=O)C1=C(C)NC(=O)NC1c1cc(Cl)c(O)c(OC)c1. The highest BCUT2D eigenvalue weighted by atomic mass is 35.5. The largest absolute Gasteiger partial charge is 0.503 e. The molecule has 0 radical (unpaired) electrons. The molecular formula is C17H21ClN2O5S. The van der Waals surface area contributed by atoms with Crippen molar-refractivity contribution >= 4 is 35.4 Å². The second-order valence-corrected chi connectivity index (χ2v) is 7.26. The summed E-state index contributed by atoms with van der Waals surface area (Å²) in [5.74, 6) is 1.04. The van der Waals surface area contributed by atoms with E-state index >= 15 is 0 Å². The molecule has 0 fully saturated rings. The zero-order chi connectivity index (χ0) is 19.3. The Morgan fingerprint density at radius 3 is 2.81 bits per heavy atom. The maximum atomic E-state index is 12.6. The van der Waals surface area contributed by atoms with Crippen molar-refractivity contribution in [3.63, 3.8) is 0 Å². The van der Waals surface area contributed by atoms with Gasteiger partial charge in [0, 0.05) is 11.4 Å². The first-order valence-electron chi connectivity index (χ1n) is 7.98. The molecule has 0 spiro atoms. The Morgan fingerprint density at radius 2 is 2.15 bits per heavy atom. The van der Waals surface area contributed by atoms with Crippen LogP contribution in [-0.4, -0.2) is 42.3 Å². The summed E-state index contributed by atoms with van der Waals surface area (Å²) in [6.45, 7) is 3.93. The first-order valence-corrected chi connectivity index (χ1v) is 9.51. The van der Waals surface area contributed by atoms with Crippen molar-refractivity contribution in [3.8, 4) is 11.5 Å². The van der Waals surface area contributed by atoms with Crippen molar-refractivity contribution in [1.82, 2.24) is 10.6 Å². The van der Waals surface area contributed by atoms with Gasteiger partial charge in [0.25, 0.3) is 0 Å². The summed E-state index contributed by atoms with van der Waals surface area (Å²) < 4.78 is 10.4. The van der Waals surface area contributed by atoms with Crippen molar-refractivity contribution in [2.75, 3.05) is 25.2 Å². The first-order chi connectivity index (χ1) is 12.4. The number of carbonyl (C=O) groups is 2. The number of nitrogens with one attached hydrogen (secondary N) is 2. The smallest absolute Gasteiger partial charge is 0.338 e. The van der Waals surface area contributed by atoms with Gasteiger partial charge in [-0.1, -0.05) is 18.5 Å². The molecule has 7 nitrogen and oxygen atoms in total. The third-order valence-corrected chi connectivity index (χ3v) is 4.91. The van der Waals surface area contributed by atoms with Crippen molar-refractivity contribution in [2.24, 2.45) is 0 Å². The van der Waals surface area contributed by atoms with Gasteiger partial charge in [-0.25, -0.2) is 9.59 Å². The molecule has 3 N–H and O–H groups in total. The fourth-order valence-corrected chi connectivity index (χ4v) is 3.25. The van der Waals surface area contributed by atoms with Crippen molar-refractivity contribution in [2.45, 2.75) is 19.9 Å². The molecule has 9 heteroatoms. The number of urea groups is 1. The van der Waals surface area contributed by atoms with Gasteiger partial charge in [0.05, 0.1) is 23.7 Å². The van der Waals surface area contributed by atoms with Gasteiger partial charge in [0.2, 0.25) is 0 Å². The quantitative estimate of drug-likeness (QED) is 0.481. The molecule has 0 aromatic heterocycles. The maximum Gasteiger partial charge on any atom is 0.338 e. The molecule has 2 rings (SSSR count). The number of halogens is 1. The molecule has 26 heavy (non-hydrogen) atoms. The molecule has 0 aliphatic carbocycles. The Bertz CT molecular complexity index is 738. The van der Waals surface area contributed by atoms with E-state index in [-0.39, 0.29) is 28.7 Å². The molecule has 0 saturated heterocycles. The van der Waals surface area contributed by atoms with Gasteiger partial charge in [-0.15, -0.1) is 0 Å². The molecule has 142 valence electrons. The number of hydrogen-bond acceptors (Lipinski definition) is 6. The Hall–Kier alpha value is -2.06. The van der Waals surface area contributed by atoms with Crippen LogP contribution in [0.3, 0.4) is 0 Å². The minimum Gasteiger partial charge on any atom is -0.503 e. The number of ether oxygens (including phenoxy) is 2. The highest BCUT2D eigenvalue weighted by molar-refractivity contribution is 7.99. The molecule has 1 atom stereocenters. The number of amides is 2. The van der Waals surface area contributed by atoms with Crippen LogP contribution in [0.4, 0.5) is 4.79 Å². The van der Waals surface area contributed by atoms with Crippen molar-refractivity contribution < 1.29 is 24.2 Å². The number of phenolic OH excluding ortho intramolecular Hbond substituents is 1. The van der Waals surface area contributed by atoms with Crippen LogP contribution >= 0.6 is 23.4 Å². The zero-order valence-corrected chi connectivity index (χ0v) is 16.3. The average Bonchev–Trinajstić information content (AvgIpc) is 2.60. The highest BCUT2D eigenvalue weighted by Crippen LogP contribution is 2.39. The lowest BCUT2D eigenvalue weighted by molar-refractivity contribution is -0.138. The van der Waals surface area contributed by atoms with Crippen LogP contribution < -0.4 is 15.4 Å². The standard InChI is InChI=1S/C17H21ClN2O5S/c1-4-26-6-5-25-16(22)13-9(2)19-17(23)20-14(13)10-7-11(18)15(21)12(8-10)24-3/h7-8,14,21H,4-6H2,1-3H3,(H2,19,20,23). The Balaban J connectivity index is 2.35. The number of carbonyl (C=O) groups excluding carboxylic acids is 2. The van der Waals surface area contributed by atoms with Crippen LogP contribution in [0.1, 0.15) is 25.5 Å². The molecule has 2 amide bonds. The number of rotatable bonds is 7. The third-order valence-electron chi connectivity index (χ3n) is 3.76. The number of aromatic hydroxyl groups is 1. The van der Waals surface area contributed by atoms with E-state index < -0.39 is 18.0 Å². The van der Waals surface area contributed by atoms with Crippen LogP contribution in [0.2, 0.25) is 5.02 Å². The predicted molar refractivity (Wildman–Crippen MR) is 101 cm³/mol. The van der Waals surface area contributed by atoms with E-state index in [1.165, 1.54) is 19.2 Å². The lowest BCUT2D eigenvalue weighted by atomic mass is 9.95. The Labute approximate surface area is 161 Å². The average molecular weight is 401 g/mol. The van der Waals surface area contributed by atoms with E-state index in [2.05, 4.69) is 10.6 Å². The molecule has 1 aliphatic rings. The number of benzene rings is 1. The molecular weight excluding hydrogens is 380 g/mol. The summed E-state index contributed by atoms with van der Waals surface area (Å²) in [7, 11) is 1.39. The Kier molecular flexibility index (Phi) is 7.05. The summed E-state index contributed by atoms with van der Waals surface area (Å²) in [4.78, 5) is 24.5. The van der Waals surface area contributed by atoms with Crippen LogP contribution in [0.15, 0.2) is 23.4 Å².